The highest BCUT2D eigenvalue weighted by Crippen LogP contribution is 2.29. The number of allylic oxidation sites excluding steroid dienone is 1. The number of nitrogens with zero attached hydrogens (tertiary/aromatic N) is 1. The molecule has 0 aliphatic heterocycles. The van der Waals surface area contributed by atoms with E-state index < -0.39 is 3.79 Å². The first-order valence-electron chi connectivity index (χ1n) is 4.96. The van der Waals surface area contributed by atoms with E-state index in [4.69, 9.17) is 40.5 Å². The molecule has 0 bridgehead atoms. The van der Waals surface area contributed by atoms with Crippen LogP contribution in [0.15, 0.2) is 35.8 Å². The second kappa shape index (κ2) is 5.76. The molecule has 1 aromatic rings. The predicted molar refractivity (Wildman–Crippen MR) is 76.7 cm³/mol. The van der Waals surface area contributed by atoms with Gasteiger partial charge in [0.2, 0.25) is 3.79 Å². The van der Waals surface area contributed by atoms with Crippen LogP contribution in [0.25, 0.3) is 0 Å². The number of aliphatic imine (C=N–C) groups is 1. The topological polar surface area (TPSA) is 38.4 Å². The molecule has 1 aromatic carbocycles. The van der Waals surface area contributed by atoms with E-state index >= 15 is 0 Å². The Kier molecular flexibility index (Phi) is 4.87. The maximum absolute atomic E-state index is 5.65. The van der Waals surface area contributed by atoms with Crippen molar-refractivity contribution in [2.75, 3.05) is 0 Å². The Morgan fingerprint density at radius 1 is 1.47 bits per heavy atom. The molecule has 0 heterocycles. The first kappa shape index (κ1) is 14.4. The van der Waals surface area contributed by atoms with Crippen LogP contribution in [0, 0.1) is 6.92 Å². The standard InChI is InChI=1S/C12H13Cl3N2/c1-3-4-9-7-8(2)5-6-10(9)17-11(16)12(13,14)15/h3,5-7H,1,4H2,2H3,(H2,16,17). The maximum atomic E-state index is 5.65. The van der Waals surface area contributed by atoms with Crippen LogP contribution in [0.2, 0.25) is 0 Å². The number of benzene rings is 1. The molecule has 0 fully saturated rings. The normalized spacial score (nSPS) is 12.6. The van der Waals surface area contributed by atoms with E-state index in [2.05, 4.69) is 11.6 Å². The summed E-state index contributed by atoms with van der Waals surface area (Å²) in [6.45, 7) is 5.70. The Labute approximate surface area is 116 Å². The van der Waals surface area contributed by atoms with Crippen LogP contribution in [0.1, 0.15) is 11.1 Å². The quantitative estimate of drug-likeness (QED) is 0.387. The van der Waals surface area contributed by atoms with Crippen molar-refractivity contribution in [2.45, 2.75) is 17.1 Å². The van der Waals surface area contributed by atoms with Crippen LogP contribution < -0.4 is 5.73 Å². The van der Waals surface area contributed by atoms with E-state index in [-0.39, 0.29) is 5.84 Å². The van der Waals surface area contributed by atoms with Crippen molar-refractivity contribution < 1.29 is 0 Å². The fourth-order valence-corrected chi connectivity index (χ4v) is 1.46. The maximum Gasteiger partial charge on any atom is 0.247 e. The van der Waals surface area contributed by atoms with Gasteiger partial charge in [0, 0.05) is 0 Å². The van der Waals surface area contributed by atoms with Gasteiger partial charge in [-0.25, -0.2) is 4.99 Å². The number of nitrogens with two attached hydrogens (primary N) is 1. The van der Waals surface area contributed by atoms with Crippen molar-refractivity contribution in [3.8, 4) is 0 Å². The van der Waals surface area contributed by atoms with E-state index in [0.717, 1.165) is 11.1 Å². The van der Waals surface area contributed by atoms with E-state index in [1.54, 1.807) is 6.08 Å². The zero-order chi connectivity index (χ0) is 13.1. The SMILES string of the molecule is C=CCc1cc(C)ccc1N=C(N)C(Cl)(Cl)Cl. The fraction of sp³-hybridized carbons (Fsp3) is 0.250. The lowest BCUT2D eigenvalue weighted by Crippen LogP contribution is -2.27. The van der Waals surface area contributed by atoms with Crippen molar-refractivity contribution in [3.63, 3.8) is 0 Å². The number of alkyl halides is 3. The number of aryl methyl sites for hydroxylation is 1. The largest absolute Gasteiger partial charge is 0.384 e. The average molecular weight is 292 g/mol. The summed E-state index contributed by atoms with van der Waals surface area (Å²) < 4.78 is -1.68. The van der Waals surface area contributed by atoms with Crippen molar-refractivity contribution in [1.29, 1.82) is 0 Å². The van der Waals surface area contributed by atoms with Crippen LogP contribution in [0.5, 0.6) is 0 Å². The monoisotopic (exact) mass is 290 g/mol. The minimum absolute atomic E-state index is 0.0448. The van der Waals surface area contributed by atoms with Gasteiger partial charge in [0.05, 0.1) is 5.69 Å². The summed E-state index contributed by atoms with van der Waals surface area (Å²) in [7, 11) is 0. The van der Waals surface area contributed by atoms with Gasteiger partial charge in [0.1, 0.15) is 0 Å². The van der Waals surface area contributed by atoms with Crippen molar-refractivity contribution in [2.24, 2.45) is 10.7 Å². The highest BCUT2D eigenvalue weighted by Gasteiger charge is 2.25. The second-order valence-electron chi connectivity index (χ2n) is 3.62. The molecule has 0 saturated heterocycles. The van der Waals surface area contributed by atoms with Crippen molar-refractivity contribution in [3.05, 3.63) is 42.0 Å². The number of rotatable bonds is 3. The molecule has 5 heteroatoms. The van der Waals surface area contributed by atoms with Gasteiger partial charge < -0.3 is 5.73 Å². The molecule has 0 aliphatic rings. The molecule has 1 rings (SSSR count). The van der Waals surface area contributed by atoms with Gasteiger partial charge in [-0.3, -0.25) is 0 Å². The van der Waals surface area contributed by atoms with Gasteiger partial charge >= 0.3 is 0 Å². The van der Waals surface area contributed by atoms with E-state index in [9.17, 15) is 0 Å². The van der Waals surface area contributed by atoms with E-state index in [0.29, 0.717) is 12.1 Å². The van der Waals surface area contributed by atoms with E-state index in [1.165, 1.54) is 0 Å². The molecule has 0 saturated carbocycles. The highest BCUT2D eigenvalue weighted by molar-refractivity contribution is 6.76. The molecular formula is C12H13Cl3N2. The summed E-state index contributed by atoms with van der Waals surface area (Å²) in [4.78, 5) is 4.14. The lowest BCUT2D eigenvalue weighted by molar-refractivity contribution is 1.23. The first-order valence-corrected chi connectivity index (χ1v) is 6.09. The number of hydrogen-bond donors (Lipinski definition) is 1. The Bertz CT molecular complexity index is 448. The summed E-state index contributed by atoms with van der Waals surface area (Å²) in [6, 6.07) is 5.78. The molecule has 0 aromatic heterocycles. The predicted octanol–water partition coefficient (Wildman–Crippen LogP) is 4.08. The summed E-state index contributed by atoms with van der Waals surface area (Å²) in [5.74, 6) is -0.0448. The molecule has 2 N–H and O–H groups in total. The number of hydrogen-bond acceptors (Lipinski definition) is 1. The molecule has 0 amide bonds. The Morgan fingerprint density at radius 3 is 2.65 bits per heavy atom. The highest BCUT2D eigenvalue weighted by atomic mass is 35.6. The van der Waals surface area contributed by atoms with Gasteiger partial charge in [0.25, 0.3) is 0 Å². The number of amidine groups is 1. The summed E-state index contributed by atoms with van der Waals surface area (Å²) in [5.41, 5.74) is 8.44. The third kappa shape index (κ3) is 4.23. The summed E-state index contributed by atoms with van der Waals surface area (Å²) >= 11 is 16.9. The van der Waals surface area contributed by atoms with Crippen molar-refractivity contribution >= 4 is 46.3 Å². The van der Waals surface area contributed by atoms with Gasteiger partial charge in [-0.1, -0.05) is 58.6 Å². The second-order valence-corrected chi connectivity index (χ2v) is 5.90. The minimum Gasteiger partial charge on any atom is -0.384 e. The van der Waals surface area contributed by atoms with Crippen molar-refractivity contribution in [1.82, 2.24) is 0 Å². The molecular weight excluding hydrogens is 279 g/mol. The van der Waals surface area contributed by atoms with Crippen LogP contribution in [-0.4, -0.2) is 9.63 Å². The minimum atomic E-state index is -1.68. The molecule has 2 nitrogen and oxygen atoms in total. The lowest BCUT2D eigenvalue weighted by atomic mass is 10.1. The van der Waals surface area contributed by atoms with Crippen LogP contribution in [-0.2, 0) is 6.42 Å². The Balaban J connectivity index is 3.18. The van der Waals surface area contributed by atoms with Crippen LogP contribution >= 0.6 is 34.8 Å². The zero-order valence-corrected chi connectivity index (χ0v) is 11.6. The molecule has 17 heavy (non-hydrogen) atoms. The third-order valence-electron chi connectivity index (χ3n) is 2.13. The van der Waals surface area contributed by atoms with E-state index in [1.807, 2.05) is 25.1 Å². The molecule has 0 radical (unpaired) electrons. The summed E-state index contributed by atoms with van der Waals surface area (Å²) in [5, 5.41) is 0. The molecule has 0 aliphatic carbocycles. The fourth-order valence-electron chi connectivity index (χ4n) is 1.34. The zero-order valence-electron chi connectivity index (χ0n) is 9.38. The van der Waals surface area contributed by atoms with Crippen LogP contribution in [0.3, 0.4) is 0 Å². The third-order valence-corrected chi connectivity index (χ3v) is 2.71. The van der Waals surface area contributed by atoms with Crippen LogP contribution in [0.4, 0.5) is 5.69 Å². The summed E-state index contributed by atoms with van der Waals surface area (Å²) in [6.07, 6.45) is 2.48. The Morgan fingerprint density at radius 2 is 2.12 bits per heavy atom. The first-order chi connectivity index (χ1) is 7.84. The Hall–Kier alpha value is -0.700. The number of halogens is 3. The van der Waals surface area contributed by atoms with Gasteiger partial charge in [-0.05, 0) is 25.0 Å². The molecule has 0 unspecified atom stereocenters. The van der Waals surface area contributed by atoms with Gasteiger partial charge in [-0.15, -0.1) is 6.58 Å². The smallest absolute Gasteiger partial charge is 0.247 e. The van der Waals surface area contributed by atoms with Gasteiger partial charge in [-0.2, -0.15) is 0 Å². The molecule has 0 spiro atoms. The molecule has 0 atom stereocenters. The lowest BCUT2D eigenvalue weighted by Gasteiger charge is -2.11. The average Bonchev–Trinajstić information content (AvgIpc) is 2.21. The van der Waals surface area contributed by atoms with Gasteiger partial charge in [0.15, 0.2) is 5.84 Å². The molecule has 92 valence electrons.